The van der Waals surface area contributed by atoms with Crippen molar-refractivity contribution in [2.75, 3.05) is 5.32 Å². The highest BCUT2D eigenvalue weighted by Gasteiger charge is 2.32. The predicted molar refractivity (Wildman–Crippen MR) is 64.5 cm³/mol. The van der Waals surface area contributed by atoms with E-state index in [1.54, 1.807) is 0 Å². The van der Waals surface area contributed by atoms with Gasteiger partial charge in [-0.15, -0.1) is 11.3 Å². The Morgan fingerprint density at radius 3 is 2.67 bits per heavy atom. The highest BCUT2D eigenvalue weighted by molar-refractivity contribution is 7.13. The molecule has 7 nitrogen and oxygen atoms in total. The maximum Gasteiger partial charge on any atom is 0.251 e. The largest absolute Gasteiger partial charge is 0.302 e. The minimum Gasteiger partial charge on any atom is -0.302 e. The van der Waals surface area contributed by atoms with Gasteiger partial charge in [-0.3, -0.25) is 25.2 Å². The van der Waals surface area contributed by atoms with E-state index < -0.39 is 17.7 Å². The third-order valence-corrected chi connectivity index (χ3v) is 3.34. The van der Waals surface area contributed by atoms with Crippen LogP contribution >= 0.6 is 11.3 Å². The van der Waals surface area contributed by atoms with Gasteiger partial charge in [-0.2, -0.15) is 0 Å². The van der Waals surface area contributed by atoms with Gasteiger partial charge >= 0.3 is 0 Å². The van der Waals surface area contributed by atoms with E-state index in [2.05, 4.69) is 21.2 Å². The van der Waals surface area contributed by atoms with E-state index in [0.717, 1.165) is 5.69 Å². The summed E-state index contributed by atoms with van der Waals surface area (Å²) < 4.78 is 0. The molecule has 0 atom stereocenters. The lowest BCUT2D eigenvalue weighted by atomic mass is 10.0. The molecule has 1 aromatic rings. The lowest BCUT2D eigenvalue weighted by molar-refractivity contribution is -0.128. The smallest absolute Gasteiger partial charge is 0.251 e. The van der Waals surface area contributed by atoms with Gasteiger partial charge in [0.2, 0.25) is 5.91 Å². The molecule has 8 heteroatoms. The van der Waals surface area contributed by atoms with Crippen LogP contribution in [0.3, 0.4) is 0 Å². The predicted octanol–water partition coefficient (Wildman–Crippen LogP) is -0.0526. The first-order valence-electron chi connectivity index (χ1n) is 5.38. The molecule has 1 aliphatic rings. The van der Waals surface area contributed by atoms with Crippen molar-refractivity contribution in [3.63, 3.8) is 0 Å². The number of carbonyl (C=O) groups excluding carboxylic acids is 3. The monoisotopic (exact) mass is 268 g/mol. The minimum atomic E-state index is -0.784. The summed E-state index contributed by atoms with van der Waals surface area (Å²) in [5.74, 6) is -1.82. The summed E-state index contributed by atoms with van der Waals surface area (Å²) in [7, 11) is 0. The van der Waals surface area contributed by atoms with Crippen LogP contribution in [0.1, 0.15) is 18.5 Å². The summed E-state index contributed by atoms with van der Waals surface area (Å²) in [6.07, 6.45) is 0.290. The Hall–Kier alpha value is -1.96. The van der Waals surface area contributed by atoms with Crippen molar-refractivity contribution in [3.8, 4) is 0 Å². The molecule has 0 aliphatic carbocycles. The van der Waals surface area contributed by atoms with Crippen LogP contribution in [-0.2, 0) is 14.4 Å². The van der Waals surface area contributed by atoms with Gasteiger partial charge in [0.1, 0.15) is 5.92 Å². The third-order valence-electron chi connectivity index (χ3n) is 2.47. The Bertz CT molecular complexity index is 483. The van der Waals surface area contributed by atoms with Crippen LogP contribution in [0.15, 0.2) is 5.38 Å². The van der Waals surface area contributed by atoms with E-state index in [1.807, 2.05) is 12.3 Å². The van der Waals surface area contributed by atoms with Gasteiger partial charge in [-0.1, -0.05) is 0 Å². The van der Waals surface area contributed by atoms with Crippen LogP contribution in [0.25, 0.3) is 0 Å². The number of anilines is 1. The van der Waals surface area contributed by atoms with Crippen molar-refractivity contribution in [1.29, 1.82) is 0 Å². The molecule has 1 saturated heterocycles. The first-order chi connectivity index (χ1) is 8.56. The lowest BCUT2D eigenvalue weighted by Crippen LogP contribution is -2.28. The summed E-state index contributed by atoms with van der Waals surface area (Å²) in [6, 6.07) is 0. The number of hydrazine groups is 1. The molecule has 0 radical (unpaired) electrons. The number of nitrogens with zero attached hydrogens (tertiary/aromatic N) is 1. The Morgan fingerprint density at radius 2 is 2.11 bits per heavy atom. The summed E-state index contributed by atoms with van der Waals surface area (Å²) >= 11 is 1.34. The summed E-state index contributed by atoms with van der Waals surface area (Å²) in [4.78, 5) is 38.1. The van der Waals surface area contributed by atoms with Crippen molar-refractivity contribution in [2.24, 2.45) is 5.92 Å². The second-order valence-electron chi connectivity index (χ2n) is 3.91. The van der Waals surface area contributed by atoms with E-state index >= 15 is 0 Å². The highest BCUT2D eigenvalue weighted by Crippen LogP contribution is 2.16. The molecular formula is C10H12N4O3S. The molecule has 0 spiro atoms. The van der Waals surface area contributed by atoms with Crippen molar-refractivity contribution in [2.45, 2.75) is 19.8 Å². The Balaban J connectivity index is 1.81. The fourth-order valence-electron chi connectivity index (χ4n) is 1.55. The number of aryl methyl sites for hydroxylation is 1. The maximum atomic E-state index is 11.6. The molecule has 3 amide bonds. The van der Waals surface area contributed by atoms with Gasteiger partial charge in [0.25, 0.3) is 11.8 Å². The van der Waals surface area contributed by atoms with Crippen LogP contribution in [0.5, 0.6) is 0 Å². The van der Waals surface area contributed by atoms with E-state index in [1.165, 1.54) is 11.3 Å². The van der Waals surface area contributed by atoms with Gasteiger partial charge in [0.15, 0.2) is 5.13 Å². The zero-order valence-electron chi connectivity index (χ0n) is 9.65. The summed E-state index contributed by atoms with van der Waals surface area (Å²) in [5.41, 5.74) is 5.27. The number of amides is 3. The molecule has 0 bridgehead atoms. The Labute approximate surface area is 107 Å². The number of nitrogens with one attached hydrogen (secondary N) is 3. The Morgan fingerprint density at radius 1 is 1.44 bits per heavy atom. The number of hydrogen-bond acceptors (Lipinski definition) is 5. The summed E-state index contributed by atoms with van der Waals surface area (Å²) in [5, 5.41) is 4.97. The van der Waals surface area contributed by atoms with E-state index in [0.29, 0.717) is 5.13 Å². The maximum absolute atomic E-state index is 11.6. The fraction of sp³-hybridized carbons (Fsp3) is 0.400. The standard InChI is InChI=1S/C10H12N4O3S/c1-5-4-18-10(11-5)12-7(15)3-2-6-8(16)13-14-9(6)17/h4,6H,2-3H2,1H3,(H,13,16)(H,14,17)(H,11,12,15). The molecule has 0 saturated carbocycles. The van der Waals surface area contributed by atoms with E-state index in [4.69, 9.17) is 0 Å². The van der Waals surface area contributed by atoms with Crippen LogP contribution in [0.4, 0.5) is 5.13 Å². The van der Waals surface area contributed by atoms with Crippen molar-refractivity contribution >= 4 is 34.2 Å². The molecule has 1 aromatic heterocycles. The van der Waals surface area contributed by atoms with Crippen LogP contribution in [0.2, 0.25) is 0 Å². The zero-order chi connectivity index (χ0) is 13.1. The Kier molecular flexibility index (Phi) is 3.56. The molecule has 0 unspecified atom stereocenters. The normalized spacial score (nSPS) is 15.4. The third kappa shape index (κ3) is 2.83. The number of rotatable bonds is 4. The van der Waals surface area contributed by atoms with Gasteiger partial charge in [-0.05, 0) is 13.3 Å². The number of aromatic nitrogens is 1. The molecule has 1 aliphatic heterocycles. The second kappa shape index (κ2) is 5.13. The lowest BCUT2D eigenvalue weighted by Gasteiger charge is -2.03. The zero-order valence-corrected chi connectivity index (χ0v) is 10.5. The van der Waals surface area contributed by atoms with Gasteiger partial charge < -0.3 is 5.32 Å². The first kappa shape index (κ1) is 12.5. The molecule has 2 heterocycles. The topological polar surface area (TPSA) is 100 Å². The average molecular weight is 268 g/mol. The molecule has 1 fully saturated rings. The van der Waals surface area contributed by atoms with Crippen molar-refractivity contribution in [3.05, 3.63) is 11.1 Å². The van der Waals surface area contributed by atoms with Crippen LogP contribution in [-0.4, -0.2) is 22.7 Å². The molecule has 2 rings (SSSR count). The SMILES string of the molecule is Cc1csc(NC(=O)CCC2C(=O)NNC2=O)n1. The molecule has 3 N–H and O–H groups in total. The summed E-state index contributed by atoms with van der Waals surface area (Å²) in [6.45, 7) is 1.83. The minimum absolute atomic E-state index is 0.101. The van der Waals surface area contributed by atoms with E-state index in [9.17, 15) is 14.4 Å². The highest BCUT2D eigenvalue weighted by atomic mass is 32.1. The molecule has 96 valence electrons. The van der Waals surface area contributed by atoms with Crippen molar-refractivity contribution < 1.29 is 14.4 Å². The fourth-order valence-corrected chi connectivity index (χ4v) is 2.25. The number of carbonyl (C=O) groups is 3. The number of thiazole rings is 1. The average Bonchev–Trinajstić information content (AvgIpc) is 2.84. The first-order valence-corrected chi connectivity index (χ1v) is 6.26. The quantitative estimate of drug-likeness (QED) is 0.666. The second-order valence-corrected chi connectivity index (χ2v) is 4.77. The van der Waals surface area contributed by atoms with Gasteiger partial charge in [0.05, 0.1) is 5.69 Å². The van der Waals surface area contributed by atoms with Crippen LogP contribution < -0.4 is 16.2 Å². The molecule has 0 aromatic carbocycles. The molecule has 18 heavy (non-hydrogen) atoms. The molecular weight excluding hydrogens is 256 g/mol. The van der Waals surface area contributed by atoms with Gasteiger partial charge in [-0.25, -0.2) is 4.98 Å². The van der Waals surface area contributed by atoms with Crippen LogP contribution in [0, 0.1) is 12.8 Å². The van der Waals surface area contributed by atoms with Crippen molar-refractivity contribution in [1.82, 2.24) is 15.8 Å². The number of hydrogen-bond donors (Lipinski definition) is 3. The van der Waals surface area contributed by atoms with E-state index in [-0.39, 0.29) is 18.7 Å². The van der Waals surface area contributed by atoms with Gasteiger partial charge in [0, 0.05) is 11.8 Å².